The first kappa shape index (κ1) is 50.4. The van der Waals surface area contributed by atoms with E-state index in [0.29, 0.717) is 24.5 Å². The van der Waals surface area contributed by atoms with Crippen LogP contribution in [0.25, 0.3) is 10.8 Å². The number of urea groups is 2. The Morgan fingerprint density at radius 3 is 0.943 bits per heavy atom. The van der Waals surface area contributed by atoms with Crippen molar-refractivity contribution in [1.82, 2.24) is 21.3 Å². The van der Waals surface area contributed by atoms with E-state index in [1.807, 2.05) is 36.4 Å². The third kappa shape index (κ3) is 11.8. The minimum atomic E-state index is -0.256. The van der Waals surface area contributed by atoms with E-state index in [4.69, 9.17) is 0 Å². The van der Waals surface area contributed by atoms with Gasteiger partial charge >= 0.3 is 12.1 Å². The first-order valence-corrected chi connectivity index (χ1v) is 25.6. The maximum absolute atomic E-state index is 13.8. The molecule has 2 heterocycles. The summed E-state index contributed by atoms with van der Waals surface area (Å²) in [5.74, 6) is 0.241. The Hall–Kier alpha value is -5.96. The predicted octanol–water partition coefficient (Wildman–Crippen LogP) is 13.4. The molecule has 0 unspecified atom stereocenters. The standard InChI is InChI=1S/C62H78N6O2/c1-59(2,3)43-27-19-39(20-28-43)55(40-21-29-44(30-22-40)60(4,5)6)53-35-47(37-63-53)65-57(69)67-51-17-13-16-50-49(51)15-14-18-52(50)68-58(70)66-48-36-54(64-38-48)56(41-23-31-45(32-24-41)61(7,8)9)42-25-33-46(34-26-42)62(10,11)12/h13-34,47-48,53-56,63-64H,35-38H2,1-12H3,(H2,65,67,69)(H2,66,68,70)/t47-,48-,53-,54-/m1/s1. The molecule has 0 aromatic heterocycles. The Kier molecular flexibility index (Phi) is 14.4. The molecular formula is C62H78N6O2. The van der Waals surface area contributed by atoms with Crippen LogP contribution < -0.4 is 31.9 Å². The summed E-state index contributed by atoms with van der Waals surface area (Å²) in [6, 6.07) is 47.6. The molecule has 0 aliphatic carbocycles. The van der Waals surface area contributed by atoms with E-state index in [2.05, 4.69) is 212 Å². The normalized spacial score (nSPS) is 18.9. The zero-order valence-electron chi connectivity index (χ0n) is 43.8. The van der Waals surface area contributed by atoms with Crippen LogP contribution in [0.5, 0.6) is 0 Å². The van der Waals surface area contributed by atoms with Gasteiger partial charge in [0.2, 0.25) is 0 Å². The highest BCUT2D eigenvalue weighted by atomic mass is 16.2. The molecule has 0 spiro atoms. The smallest absolute Gasteiger partial charge is 0.319 e. The number of nitrogens with one attached hydrogen (secondary N) is 6. The van der Waals surface area contributed by atoms with Crippen LogP contribution >= 0.6 is 0 Å². The highest BCUT2D eigenvalue weighted by Crippen LogP contribution is 2.38. The topological polar surface area (TPSA) is 106 Å². The van der Waals surface area contributed by atoms with Gasteiger partial charge in [-0.3, -0.25) is 0 Å². The molecule has 0 saturated carbocycles. The van der Waals surface area contributed by atoms with Crippen LogP contribution in [0.4, 0.5) is 21.0 Å². The second-order valence-corrected chi connectivity index (χ2v) is 24.2. The van der Waals surface area contributed by atoms with Crippen LogP contribution in [-0.4, -0.2) is 49.3 Å². The van der Waals surface area contributed by atoms with Crippen LogP contribution in [-0.2, 0) is 21.7 Å². The summed E-state index contributed by atoms with van der Waals surface area (Å²) in [6.07, 6.45) is 1.57. The number of benzene rings is 6. The second kappa shape index (κ2) is 20.0. The predicted molar refractivity (Wildman–Crippen MR) is 293 cm³/mol. The third-order valence-electron chi connectivity index (χ3n) is 14.8. The average molecular weight is 939 g/mol. The number of amides is 4. The molecule has 6 N–H and O–H groups in total. The quantitative estimate of drug-likeness (QED) is 0.0823. The Balaban J connectivity index is 0.916. The van der Waals surface area contributed by atoms with Crippen molar-refractivity contribution in [2.75, 3.05) is 23.7 Å². The third-order valence-corrected chi connectivity index (χ3v) is 14.8. The zero-order chi connectivity index (χ0) is 50.2. The molecule has 8 heteroatoms. The maximum Gasteiger partial charge on any atom is 0.319 e. The fourth-order valence-corrected chi connectivity index (χ4v) is 10.6. The highest BCUT2D eigenvalue weighted by Gasteiger charge is 2.35. The molecule has 6 aromatic rings. The lowest BCUT2D eigenvalue weighted by atomic mass is 9.80. The SMILES string of the molecule is CC(C)(C)c1ccc(C(c2ccc(C(C)(C)C)cc2)[C@H]2C[C@@H](NC(=O)Nc3cccc4c(NC(=O)N[C@H]5CN[C@@H](C(c6ccc(C(C)(C)C)cc6)c6ccc(C(C)(C)C)cc6)C5)cccc34)CN2)cc1. The number of hydrogen-bond donors (Lipinski definition) is 6. The number of anilines is 2. The number of fused-ring (bicyclic) bond motifs is 1. The molecule has 2 aliphatic heterocycles. The van der Waals surface area contributed by atoms with Gasteiger partial charge in [0.15, 0.2) is 0 Å². The Labute approximate surface area is 418 Å². The number of hydrogen-bond acceptors (Lipinski definition) is 4. The summed E-state index contributed by atoms with van der Waals surface area (Å²) >= 11 is 0. The van der Waals surface area contributed by atoms with Crippen molar-refractivity contribution < 1.29 is 9.59 Å². The van der Waals surface area contributed by atoms with Gasteiger partial charge in [0.1, 0.15) is 0 Å². The van der Waals surface area contributed by atoms with Crippen molar-refractivity contribution in [3.63, 3.8) is 0 Å². The summed E-state index contributed by atoms with van der Waals surface area (Å²) in [6.45, 7) is 28.3. The van der Waals surface area contributed by atoms with E-state index in [9.17, 15) is 9.59 Å². The van der Waals surface area contributed by atoms with Gasteiger partial charge in [0, 0.05) is 59.9 Å². The van der Waals surface area contributed by atoms with Gasteiger partial charge in [0.05, 0.1) is 11.4 Å². The average Bonchev–Trinajstić information content (AvgIpc) is 3.95. The molecular weight excluding hydrogens is 861 g/mol. The lowest BCUT2D eigenvalue weighted by Gasteiger charge is -2.28. The number of carbonyl (C=O) groups is 2. The van der Waals surface area contributed by atoms with Gasteiger partial charge in [-0.05, 0) is 91.1 Å². The lowest BCUT2D eigenvalue weighted by Crippen LogP contribution is -2.39. The summed E-state index contributed by atoms with van der Waals surface area (Å²) in [7, 11) is 0. The maximum atomic E-state index is 13.8. The van der Waals surface area contributed by atoms with E-state index in [0.717, 1.165) is 23.6 Å². The zero-order valence-corrected chi connectivity index (χ0v) is 43.8. The fourth-order valence-electron chi connectivity index (χ4n) is 10.6. The van der Waals surface area contributed by atoms with Crippen LogP contribution in [0.15, 0.2) is 133 Å². The first-order valence-electron chi connectivity index (χ1n) is 25.6. The van der Waals surface area contributed by atoms with E-state index in [1.165, 1.54) is 44.5 Å². The highest BCUT2D eigenvalue weighted by molar-refractivity contribution is 6.08. The molecule has 4 amide bonds. The van der Waals surface area contributed by atoms with Crippen molar-refractivity contribution in [2.24, 2.45) is 0 Å². The molecule has 4 atom stereocenters. The fraction of sp³-hybridized carbons (Fsp3) is 0.419. The van der Waals surface area contributed by atoms with Gasteiger partial charge in [-0.25, -0.2) is 9.59 Å². The summed E-state index contributed by atoms with van der Waals surface area (Å²) in [4.78, 5) is 27.6. The monoisotopic (exact) mass is 939 g/mol. The van der Waals surface area contributed by atoms with Crippen molar-refractivity contribution in [2.45, 2.75) is 154 Å². The van der Waals surface area contributed by atoms with Gasteiger partial charge in [-0.15, -0.1) is 0 Å². The van der Waals surface area contributed by atoms with Crippen molar-refractivity contribution in [1.29, 1.82) is 0 Å². The molecule has 2 saturated heterocycles. The first-order chi connectivity index (χ1) is 33.0. The minimum absolute atomic E-state index is 0.0610. The van der Waals surface area contributed by atoms with E-state index < -0.39 is 0 Å². The molecule has 368 valence electrons. The van der Waals surface area contributed by atoms with E-state index in [1.54, 1.807) is 0 Å². The molecule has 0 radical (unpaired) electrons. The Bertz CT molecular complexity index is 2440. The molecule has 8 rings (SSSR count). The van der Waals surface area contributed by atoms with Crippen LogP contribution in [0.1, 0.15) is 152 Å². The van der Waals surface area contributed by atoms with Gasteiger partial charge in [-0.1, -0.05) is 204 Å². The minimum Gasteiger partial charge on any atom is -0.334 e. The second-order valence-electron chi connectivity index (χ2n) is 24.2. The van der Waals surface area contributed by atoms with Gasteiger partial charge in [-0.2, -0.15) is 0 Å². The van der Waals surface area contributed by atoms with Crippen molar-refractivity contribution in [3.8, 4) is 0 Å². The van der Waals surface area contributed by atoms with Crippen molar-refractivity contribution >= 4 is 34.2 Å². The Morgan fingerprint density at radius 1 is 0.414 bits per heavy atom. The Morgan fingerprint density at radius 2 is 0.686 bits per heavy atom. The van der Waals surface area contributed by atoms with Crippen molar-refractivity contribution in [3.05, 3.63) is 178 Å². The van der Waals surface area contributed by atoms with Crippen LogP contribution in [0.2, 0.25) is 0 Å². The molecule has 6 aromatic carbocycles. The summed E-state index contributed by atoms with van der Waals surface area (Å²) in [5.41, 5.74) is 11.9. The number of rotatable bonds is 10. The molecule has 0 bridgehead atoms. The number of carbonyl (C=O) groups excluding carboxylic acids is 2. The summed E-state index contributed by atoms with van der Waals surface area (Å²) < 4.78 is 0. The largest absolute Gasteiger partial charge is 0.334 e. The summed E-state index contributed by atoms with van der Waals surface area (Å²) in [5, 5.41) is 22.1. The molecule has 70 heavy (non-hydrogen) atoms. The molecule has 8 nitrogen and oxygen atoms in total. The lowest BCUT2D eigenvalue weighted by molar-refractivity contribution is 0.248. The molecule has 2 aliphatic rings. The van der Waals surface area contributed by atoms with E-state index >= 15 is 0 Å². The van der Waals surface area contributed by atoms with E-state index in [-0.39, 0.29) is 69.7 Å². The van der Waals surface area contributed by atoms with Gasteiger partial charge in [0.25, 0.3) is 0 Å². The van der Waals surface area contributed by atoms with Gasteiger partial charge < -0.3 is 31.9 Å². The molecule has 2 fully saturated rings. The van der Waals surface area contributed by atoms with Crippen LogP contribution in [0, 0.1) is 0 Å². The van der Waals surface area contributed by atoms with Crippen LogP contribution in [0.3, 0.4) is 0 Å².